The van der Waals surface area contributed by atoms with Gasteiger partial charge < -0.3 is 14.2 Å². The van der Waals surface area contributed by atoms with Gasteiger partial charge in [-0.1, -0.05) is 82.4 Å². The summed E-state index contributed by atoms with van der Waals surface area (Å²) in [6, 6.07) is 7.34. The lowest BCUT2D eigenvalue weighted by Gasteiger charge is -2.42. The van der Waals surface area contributed by atoms with Crippen molar-refractivity contribution in [1.82, 2.24) is 0 Å². The van der Waals surface area contributed by atoms with E-state index in [-0.39, 0.29) is 12.2 Å². The van der Waals surface area contributed by atoms with E-state index in [0.717, 1.165) is 30.2 Å². The fraction of sp³-hybridized carbons (Fsp3) is 0.778. The van der Waals surface area contributed by atoms with Crippen molar-refractivity contribution >= 4 is 23.5 Å². The fourth-order valence-corrected chi connectivity index (χ4v) is 8.13. The Labute approximate surface area is 209 Å². The Morgan fingerprint density at radius 2 is 1.27 bits per heavy atom. The molecule has 1 aromatic carbocycles. The third kappa shape index (κ3) is 6.94. The lowest BCUT2D eigenvalue weighted by Crippen LogP contribution is -2.37. The van der Waals surface area contributed by atoms with Crippen molar-refractivity contribution < 1.29 is 18.7 Å². The minimum Gasteiger partial charge on any atom is -0.376 e. The summed E-state index contributed by atoms with van der Waals surface area (Å²) in [6.45, 7) is 13.3. The van der Waals surface area contributed by atoms with Crippen LogP contribution in [0.1, 0.15) is 91.5 Å². The highest BCUT2D eigenvalue weighted by molar-refractivity contribution is 9.10. The van der Waals surface area contributed by atoms with Crippen molar-refractivity contribution in [1.29, 1.82) is 0 Å². The second-order valence-corrected chi connectivity index (χ2v) is 14.3. The van der Waals surface area contributed by atoms with E-state index < -0.39 is 13.4 Å². The molecule has 33 heavy (non-hydrogen) atoms. The standard InChI is InChI=1S/C27H44BrO4P/c1-17(2)23-13-7-19(5)15-25(23)31-33(30,27(29)21-9-11-22(28)12-10-21)32-26-16-20(6)8-14-24(26)18(3)4/h9-12,17-20,23-27,29H,7-8,13-16H2,1-6H3/t19-,20-,23+,24+,25-,26-,27+/m1/s1. The molecule has 2 saturated carbocycles. The fourth-order valence-electron chi connectivity index (χ4n) is 5.81. The SMILES string of the molecule is CC(C)[C@@H]1CC[C@@H](C)C[C@H]1OP(=O)(O[C@@H]1C[C@H](C)CC[C@H]1C(C)C)[C@H](O)c1ccc(Br)cc1. The van der Waals surface area contributed by atoms with Crippen molar-refractivity contribution in [3.63, 3.8) is 0 Å². The van der Waals surface area contributed by atoms with Gasteiger partial charge in [0.2, 0.25) is 0 Å². The number of aliphatic hydroxyl groups is 1. The first-order chi connectivity index (χ1) is 15.5. The van der Waals surface area contributed by atoms with Gasteiger partial charge in [0.05, 0.1) is 12.2 Å². The molecule has 7 atom stereocenters. The average molecular weight is 544 g/mol. The molecule has 0 spiro atoms. The first kappa shape index (κ1) is 27.4. The third-order valence-corrected chi connectivity index (χ3v) is 10.5. The summed E-state index contributed by atoms with van der Waals surface area (Å²) in [6.07, 6.45) is 5.85. The molecule has 3 rings (SSSR count). The molecule has 0 bridgehead atoms. The van der Waals surface area contributed by atoms with E-state index in [4.69, 9.17) is 9.05 Å². The molecule has 2 aliphatic rings. The van der Waals surface area contributed by atoms with Gasteiger partial charge in [0.25, 0.3) is 0 Å². The van der Waals surface area contributed by atoms with Gasteiger partial charge in [-0.3, -0.25) is 4.57 Å². The lowest BCUT2D eigenvalue weighted by molar-refractivity contribution is -0.0153. The Hall–Kier alpha value is -0.190. The highest BCUT2D eigenvalue weighted by atomic mass is 79.9. The van der Waals surface area contributed by atoms with Crippen LogP contribution in [-0.4, -0.2) is 17.3 Å². The summed E-state index contributed by atoms with van der Waals surface area (Å²) in [5.41, 5.74) is 0.580. The molecule has 2 aliphatic carbocycles. The van der Waals surface area contributed by atoms with Crippen LogP contribution in [0.3, 0.4) is 0 Å². The van der Waals surface area contributed by atoms with E-state index >= 15 is 0 Å². The monoisotopic (exact) mass is 542 g/mol. The zero-order valence-electron chi connectivity index (χ0n) is 21.2. The quantitative estimate of drug-likeness (QED) is 0.334. The van der Waals surface area contributed by atoms with Crippen molar-refractivity contribution in [3.8, 4) is 0 Å². The van der Waals surface area contributed by atoms with E-state index in [2.05, 4.69) is 57.5 Å². The highest BCUT2D eigenvalue weighted by Gasteiger charge is 2.46. The molecule has 2 fully saturated rings. The molecular weight excluding hydrogens is 499 g/mol. The summed E-state index contributed by atoms with van der Waals surface area (Å²) in [7, 11) is -3.85. The second kappa shape index (κ2) is 11.7. The molecule has 0 saturated heterocycles. The maximum Gasteiger partial charge on any atom is 0.363 e. The Bertz CT molecular complexity index is 758. The topological polar surface area (TPSA) is 55.8 Å². The summed E-state index contributed by atoms with van der Waals surface area (Å²) < 4.78 is 28.5. The van der Waals surface area contributed by atoms with Crippen LogP contribution in [0.15, 0.2) is 28.7 Å². The van der Waals surface area contributed by atoms with Crippen LogP contribution >= 0.6 is 23.5 Å². The van der Waals surface area contributed by atoms with Gasteiger partial charge in [0.15, 0.2) is 5.85 Å². The maximum absolute atomic E-state index is 14.6. The maximum atomic E-state index is 14.6. The van der Waals surface area contributed by atoms with Gasteiger partial charge in [-0.15, -0.1) is 0 Å². The first-order valence-electron chi connectivity index (χ1n) is 12.9. The van der Waals surface area contributed by atoms with Crippen molar-refractivity contribution in [2.24, 2.45) is 35.5 Å². The zero-order chi connectivity index (χ0) is 24.3. The van der Waals surface area contributed by atoms with Gasteiger partial charge >= 0.3 is 7.60 Å². The first-order valence-corrected chi connectivity index (χ1v) is 15.3. The van der Waals surface area contributed by atoms with Gasteiger partial charge in [-0.05, 0) is 78.9 Å². The largest absolute Gasteiger partial charge is 0.376 e. The number of benzene rings is 1. The molecule has 6 heteroatoms. The molecule has 188 valence electrons. The van der Waals surface area contributed by atoms with Crippen molar-refractivity contribution in [2.45, 2.75) is 98.1 Å². The summed E-state index contributed by atoms with van der Waals surface area (Å²) in [4.78, 5) is 0. The van der Waals surface area contributed by atoms with E-state index in [9.17, 15) is 9.67 Å². The third-order valence-electron chi connectivity index (χ3n) is 7.95. The van der Waals surface area contributed by atoms with Crippen LogP contribution in [0, 0.1) is 35.5 Å². The normalized spacial score (nSPS) is 32.3. The van der Waals surface area contributed by atoms with Crippen LogP contribution in [0.25, 0.3) is 0 Å². The molecule has 0 unspecified atom stereocenters. The van der Waals surface area contributed by atoms with E-state index in [1.54, 1.807) is 12.1 Å². The predicted octanol–water partition coefficient (Wildman–Crippen LogP) is 8.59. The summed E-state index contributed by atoms with van der Waals surface area (Å²) in [5.74, 6) is 1.24. The van der Waals surface area contributed by atoms with Crippen LogP contribution in [0.2, 0.25) is 0 Å². The van der Waals surface area contributed by atoms with Crippen molar-refractivity contribution in [2.75, 3.05) is 0 Å². The lowest BCUT2D eigenvalue weighted by atomic mass is 9.75. The van der Waals surface area contributed by atoms with Crippen LogP contribution in [-0.2, 0) is 13.6 Å². The predicted molar refractivity (Wildman–Crippen MR) is 139 cm³/mol. The van der Waals surface area contributed by atoms with E-state index in [1.165, 1.54) is 12.8 Å². The van der Waals surface area contributed by atoms with Crippen LogP contribution < -0.4 is 0 Å². The molecule has 0 heterocycles. The van der Waals surface area contributed by atoms with Gasteiger partial charge in [-0.25, -0.2) is 0 Å². The molecule has 0 radical (unpaired) electrons. The number of halogens is 1. The second-order valence-electron chi connectivity index (χ2n) is 11.4. The van der Waals surface area contributed by atoms with Gasteiger partial charge in [-0.2, -0.15) is 0 Å². The highest BCUT2D eigenvalue weighted by Crippen LogP contribution is 2.64. The van der Waals surface area contributed by atoms with Crippen molar-refractivity contribution in [3.05, 3.63) is 34.3 Å². The minimum atomic E-state index is -3.85. The molecular formula is C27H44BrO4P. The zero-order valence-corrected chi connectivity index (χ0v) is 23.7. The van der Waals surface area contributed by atoms with Gasteiger partial charge in [0, 0.05) is 4.47 Å². The molecule has 1 aromatic rings. The Morgan fingerprint density at radius 1 is 0.848 bits per heavy atom. The van der Waals surface area contributed by atoms with Crippen LogP contribution in [0.4, 0.5) is 0 Å². The molecule has 1 N–H and O–H groups in total. The molecule has 4 nitrogen and oxygen atoms in total. The van der Waals surface area contributed by atoms with E-state index in [0.29, 0.717) is 41.1 Å². The molecule has 0 aromatic heterocycles. The minimum absolute atomic E-state index is 0.164. The Kier molecular flexibility index (Phi) is 9.71. The molecule has 0 amide bonds. The number of rotatable bonds is 8. The Morgan fingerprint density at radius 3 is 1.67 bits per heavy atom. The van der Waals surface area contributed by atoms with E-state index in [1.807, 2.05) is 12.1 Å². The number of hydrogen-bond donors (Lipinski definition) is 1. The van der Waals surface area contributed by atoms with Gasteiger partial charge in [0.1, 0.15) is 0 Å². The number of aliphatic hydroxyl groups excluding tert-OH is 1. The average Bonchev–Trinajstić information content (AvgIpc) is 2.73. The summed E-state index contributed by atoms with van der Waals surface area (Å²) >= 11 is 3.45. The summed E-state index contributed by atoms with van der Waals surface area (Å²) in [5, 5.41) is 11.4. The smallest absolute Gasteiger partial charge is 0.363 e. The Balaban J connectivity index is 1.94. The number of hydrogen-bond acceptors (Lipinski definition) is 4. The van der Waals surface area contributed by atoms with Crippen LogP contribution in [0.5, 0.6) is 0 Å². The molecule has 0 aliphatic heterocycles.